The third-order valence-corrected chi connectivity index (χ3v) is 1.75. The zero-order chi connectivity index (χ0) is 13.4. The Kier molecular flexibility index (Phi) is 15.0. The molecule has 7 heteroatoms. The molecule has 0 amide bonds. The summed E-state index contributed by atoms with van der Waals surface area (Å²) in [7, 11) is 0. The van der Waals surface area contributed by atoms with E-state index in [9.17, 15) is 19.8 Å². The molecule has 0 bridgehead atoms. The van der Waals surface area contributed by atoms with Crippen molar-refractivity contribution in [2.75, 3.05) is 0 Å². The van der Waals surface area contributed by atoms with Gasteiger partial charge in [0.05, 0.1) is 23.3 Å². The van der Waals surface area contributed by atoms with E-state index in [1.54, 1.807) is 24.3 Å². The van der Waals surface area contributed by atoms with Gasteiger partial charge in [0.1, 0.15) is 0 Å². The normalized spacial score (nSPS) is 7.62. The maximum absolute atomic E-state index is 10.0. The number of hydrogen-bond acceptors (Lipinski definition) is 6. The van der Waals surface area contributed by atoms with E-state index < -0.39 is 11.9 Å². The number of nitrogens with zero attached hydrogens (tertiary/aromatic N) is 2. The van der Waals surface area contributed by atoms with Gasteiger partial charge >= 0.3 is 23.9 Å². The quantitative estimate of drug-likeness (QED) is 0.652. The van der Waals surface area contributed by atoms with Gasteiger partial charge < -0.3 is 19.8 Å². The molecule has 2 rings (SSSR count). The first-order valence-corrected chi connectivity index (χ1v) is 4.86. The van der Waals surface area contributed by atoms with Crippen LogP contribution in [0.25, 0.3) is 0 Å². The third-order valence-electron chi connectivity index (χ3n) is 1.75. The van der Waals surface area contributed by atoms with Gasteiger partial charge in [0.25, 0.3) is 0 Å². The van der Waals surface area contributed by atoms with E-state index in [0.29, 0.717) is 0 Å². The first-order valence-electron chi connectivity index (χ1n) is 4.86. The number of carbonyl (C=O) groups is 2. The van der Waals surface area contributed by atoms with Gasteiger partial charge in [-0.1, -0.05) is 27.0 Å². The zero-order valence-electron chi connectivity index (χ0n) is 9.65. The molecule has 0 unspecified atom stereocenters. The van der Waals surface area contributed by atoms with Crippen molar-refractivity contribution in [3.8, 4) is 0 Å². The van der Waals surface area contributed by atoms with E-state index in [2.05, 4.69) is 9.97 Å². The first-order chi connectivity index (χ1) is 8.61. The summed E-state index contributed by atoms with van der Waals surface area (Å²) in [5.41, 5.74) is -0.0602. The van der Waals surface area contributed by atoms with E-state index in [4.69, 9.17) is 0 Å². The molecular formula is C14H16N2O4Sn. The average molecular weight is 395 g/mol. The molecule has 2 aromatic heterocycles. The van der Waals surface area contributed by atoms with Crippen LogP contribution in [0.2, 0.25) is 0 Å². The largest absolute Gasteiger partial charge is 2.00 e. The van der Waals surface area contributed by atoms with Gasteiger partial charge in [0.15, 0.2) is 0 Å². The summed E-state index contributed by atoms with van der Waals surface area (Å²) in [6, 6.07) is 9.25. The smallest absolute Gasteiger partial charge is 0.543 e. The Balaban J connectivity index is -0.000000270. The number of carboxylic acid groups (broad SMARTS) is 2. The molecule has 0 aliphatic heterocycles. The van der Waals surface area contributed by atoms with E-state index in [1.807, 2.05) is 0 Å². The van der Waals surface area contributed by atoms with E-state index in [0.717, 1.165) is 0 Å². The monoisotopic (exact) mass is 396 g/mol. The molecule has 0 atom stereocenters. The van der Waals surface area contributed by atoms with Crippen LogP contribution in [0.15, 0.2) is 48.8 Å². The number of hydrogen-bond donors (Lipinski definition) is 0. The molecule has 0 saturated heterocycles. The van der Waals surface area contributed by atoms with Crippen molar-refractivity contribution in [2.24, 2.45) is 0 Å². The Morgan fingerprint density at radius 3 is 1.24 bits per heavy atom. The molecule has 0 N–H and O–H groups in total. The van der Waals surface area contributed by atoms with Gasteiger partial charge in [-0.3, -0.25) is 9.97 Å². The van der Waals surface area contributed by atoms with E-state index in [-0.39, 0.29) is 50.1 Å². The summed E-state index contributed by atoms with van der Waals surface area (Å²) in [4.78, 5) is 27.1. The van der Waals surface area contributed by atoms with Crippen LogP contribution in [-0.2, 0) is 0 Å². The second kappa shape index (κ2) is 13.0. The van der Waals surface area contributed by atoms with Crippen molar-refractivity contribution in [1.29, 1.82) is 0 Å². The van der Waals surface area contributed by atoms with Crippen LogP contribution in [-0.4, -0.2) is 45.8 Å². The Bertz CT molecular complexity index is 472. The minimum atomic E-state index is -1.24. The Morgan fingerprint density at radius 2 is 1.10 bits per heavy atom. The number of aromatic carboxylic acids is 2. The van der Waals surface area contributed by atoms with Crippen LogP contribution in [0, 0.1) is 0 Å². The van der Waals surface area contributed by atoms with E-state index in [1.165, 1.54) is 24.5 Å². The van der Waals surface area contributed by atoms with Crippen molar-refractivity contribution in [2.45, 2.75) is 14.9 Å². The Morgan fingerprint density at radius 1 is 0.762 bits per heavy atom. The van der Waals surface area contributed by atoms with E-state index >= 15 is 0 Å². The van der Waals surface area contributed by atoms with Gasteiger partial charge in [0, 0.05) is 12.4 Å². The molecule has 21 heavy (non-hydrogen) atoms. The third kappa shape index (κ3) is 9.55. The van der Waals surface area contributed by atoms with Crippen LogP contribution in [0.1, 0.15) is 35.8 Å². The molecule has 0 aliphatic carbocycles. The van der Waals surface area contributed by atoms with Gasteiger partial charge in [-0.05, 0) is 24.3 Å². The first kappa shape index (κ1) is 24.1. The van der Waals surface area contributed by atoms with Crippen LogP contribution >= 0.6 is 0 Å². The van der Waals surface area contributed by atoms with Crippen LogP contribution in [0.4, 0.5) is 0 Å². The van der Waals surface area contributed by atoms with Crippen molar-refractivity contribution in [3.05, 3.63) is 60.2 Å². The van der Waals surface area contributed by atoms with Crippen molar-refractivity contribution < 1.29 is 19.8 Å². The van der Waals surface area contributed by atoms with Gasteiger partial charge in [0.2, 0.25) is 0 Å². The number of rotatable bonds is 2. The summed E-state index contributed by atoms with van der Waals surface area (Å²) in [5, 5.41) is 20.1. The molecule has 0 spiro atoms. The minimum Gasteiger partial charge on any atom is -0.543 e. The molecule has 0 aliphatic rings. The Hall–Kier alpha value is -1.96. The summed E-state index contributed by atoms with van der Waals surface area (Å²) in [5.74, 6) is -2.48. The second-order valence-corrected chi connectivity index (χ2v) is 3.00. The standard InChI is InChI=1S/2C6H5NO2.2CH4.Sn/c2*8-6(9)5-3-1-2-4-7-5;;;/h2*1-4H,(H,8,9);2*1H4;/q;;;;+2/p-2. The van der Waals surface area contributed by atoms with Crippen molar-refractivity contribution in [3.63, 3.8) is 0 Å². The molecule has 0 fully saturated rings. The number of carbonyl (C=O) groups excluding carboxylic acids is 2. The summed E-state index contributed by atoms with van der Waals surface area (Å²) in [6.45, 7) is 0. The molecule has 2 radical (unpaired) electrons. The van der Waals surface area contributed by atoms with Crippen molar-refractivity contribution in [1.82, 2.24) is 9.97 Å². The fraction of sp³-hybridized carbons (Fsp3) is 0.143. The summed E-state index contributed by atoms with van der Waals surface area (Å²) in [6.07, 6.45) is 2.82. The number of aromatic nitrogens is 2. The molecule has 2 heterocycles. The SMILES string of the molecule is C.C.O=C([O-])c1ccccn1.O=C([O-])c1ccccn1.[Sn+2]. The molecule has 110 valence electrons. The fourth-order valence-corrected chi connectivity index (χ4v) is 0.967. The summed E-state index contributed by atoms with van der Waals surface area (Å²) < 4.78 is 0. The predicted octanol–water partition coefficient (Wildman–Crippen LogP) is -0.218. The topological polar surface area (TPSA) is 106 Å². The molecule has 2 aromatic rings. The maximum atomic E-state index is 10.0. The minimum absolute atomic E-state index is 0. The predicted molar refractivity (Wildman–Crippen MR) is 76.4 cm³/mol. The average Bonchev–Trinajstić information content (AvgIpc) is 2.41. The zero-order valence-corrected chi connectivity index (χ0v) is 12.5. The maximum Gasteiger partial charge on any atom is 2.00 e. The van der Waals surface area contributed by atoms with Crippen molar-refractivity contribution >= 4 is 35.8 Å². The molecule has 0 aromatic carbocycles. The number of pyridine rings is 2. The van der Waals surface area contributed by atoms with Gasteiger partial charge in [-0.15, -0.1) is 0 Å². The molecular weight excluding hydrogens is 379 g/mol. The molecule has 6 nitrogen and oxygen atoms in total. The van der Waals surface area contributed by atoms with Crippen LogP contribution in [0.5, 0.6) is 0 Å². The Labute approximate surface area is 140 Å². The van der Waals surface area contributed by atoms with Crippen LogP contribution < -0.4 is 10.2 Å². The van der Waals surface area contributed by atoms with Crippen LogP contribution in [0.3, 0.4) is 0 Å². The van der Waals surface area contributed by atoms with Gasteiger partial charge in [-0.2, -0.15) is 0 Å². The molecule has 0 saturated carbocycles. The van der Waals surface area contributed by atoms with Gasteiger partial charge in [-0.25, -0.2) is 0 Å². The number of carboxylic acids is 2. The summed E-state index contributed by atoms with van der Waals surface area (Å²) >= 11 is 0. The fourth-order valence-electron chi connectivity index (χ4n) is 0.967. The second-order valence-electron chi connectivity index (χ2n) is 3.00.